The average Bonchev–Trinajstić information content (AvgIpc) is 3.39. The van der Waals surface area contributed by atoms with Crippen molar-refractivity contribution < 1.29 is 17.6 Å². The fraction of sp³-hybridized carbons (Fsp3) is 0.364. The van der Waals surface area contributed by atoms with Gasteiger partial charge in [-0.1, -0.05) is 38.1 Å². The van der Waals surface area contributed by atoms with E-state index in [0.29, 0.717) is 35.6 Å². The molecule has 5 rings (SSSR count). The predicted molar refractivity (Wildman–Crippen MR) is 155 cm³/mol. The Kier molecular flexibility index (Phi) is 7.26. The number of fused-ring (bicyclic) bond motifs is 1. The second kappa shape index (κ2) is 10.3. The Bertz CT molecular complexity index is 1610. The maximum Gasteiger partial charge on any atom is 0.416 e. The molecule has 1 aromatic heterocycles. The van der Waals surface area contributed by atoms with Gasteiger partial charge in [-0.15, -0.1) is 0 Å². The van der Waals surface area contributed by atoms with Crippen molar-refractivity contribution in [1.29, 1.82) is 0 Å². The number of alkyl halides is 3. The van der Waals surface area contributed by atoms with Crippen LogP contribution >= 0.6 is 0 Å². The predicted octanol–water partition coefficient (Wildman–Crippen LogP) is 8.27. The van der Waals surface area contributed by atoms with Gasteiger partial charge in [-0.25, -0.2) is 9.07 Å². The summed E-state index contributed by atoms with van der Waals surface area (Å²) in [6.45, 7) is 12.8. The number of nitrogen functional groups attached to an aromatic ring is 1. The number of anilines is 1. The molecule has 216 valence electrons. The zero-order valence-corrected chi connectivity index (χ0v) is 24.4. The first kappa shape index (κ1) is 28.9. The second-order valence-corrected chi connectivity index (χ2v) is 11.5. The Morgan fingerprint density at radius 2 is 1.59 bits per heavy atom. The lowest BCUT2D eigenvalue weighted by molar-refractivity contribution is -0.137. The van der Waals surface area contributed by atoms with Gasteiger partial charge in [0.25, 0.3) is 0 Å². The number of halogens is 4. The minimum atomic E-state index is -4.39. The first-order valence-corrected chi connectivity index (χ1v) is 14.0. The molecule has 1 aliphatic heterocycles. The molecule has 0 amide bonds. The molecule has 2 N–H and O–H groups in total. The number of hydrogen-bond donors (Lipinski definition) is 1. The highest BCUT2D eigenvalue weighted by atomic mass is 19.4. The summed E-state index contributed by atoms with van der Waals surface area (Å²) in [7, 11) is 0. The summed E-state index contributed by atoms with van der Waals surface area (Å²) in [5, 5.41) is 5.19. The van der Waals surface area contributed by atoms with E-state index in [1.807, 2.05) is 17.7 Å². The molecule has 4 nitrogen and oxygen atoms in total. The second-order valence-electron chi connectivity index (χ2n) is 11.5. The van der Waals surface area contributed by atoms with Crippen molar-refractivity contribution in [2.24, 2.45) is 0 Å². The number of hydrogen-bond acceptors (Lipinski definition) is 3. The van der Waals surface area contributed by atoms with Crippen LogP contribution < -0.4 is 5.73 Å². The maximum atomic E-state index is 15.7. The average molecular weight is 565 g/mol. The zero-order chi connectivity index (χ0) is 29.9. The molecule has 4 aromatic rings. The monoisotopic (exact) mass is 564 g/mol. The van der Waals surface area contributed by atoms with Crippen molar-refractivity contribution >= 4 is 5.69 Å². The Morgan fingerprint density at radius 1 is 0.927 bits per heavy atom. The van der Waals surface area contributed by atoms with E-state index >= 15 is 4.39 Å². The highest BCUT2D eigenvalue weighted by molar-refractivity contribution is 5.73. The van der Waals surface area contributed by atoms with Crippen LogP contribution in [0.1, 0.15) is 72.3 Å². The summed E-state index contributed by atoms with van der Waals surface area (Å²) in [6.07, 6.45) is -2.81. The van der Waals surface area contributed by atoms with Crippen molar-refractivity contribution in [3.05, 3.63) is 99.0 Å². The van der Waals surface area contributed by atoms with Crippen LogP contribution in [0.15, 0.2) is 48.5 Å². The summed E-state index contributed by atoms with van der Waals surface area (Å²) in [5.41, 5.74) is 13.5. The van der Waals surface area contributed by atoms with Crippen molar-refractivity contribution in [2.75, 3.05) is 5.73 Å². The minimum Gasteiger partial charge on any atom is -0.398 e. The first-order chi connectivity index (χ1) is 19.3. The fourth-order valence-corrected chi connectivity index (χ4v) is 5.94. The van der Waals surface area contributed by atoms with Gasteiger partial charge in [-0.2, -0.15) is 18.3 Å². The number of aromatic nitrogens is 2. The van der Waals surface area contributed by atoms with Crippen molar-refractivity contribution in [3.63, 3.8) is 0 Å². The summed E-state index contributed by atoms with van der Waals surface area (Å²) < 4.78 is 57.5. The molecule has 2 heterocycles. The van der Waals surface area contributed by atoms with Crippen molar-refractivity contribution in [2.45, 2.75) is 79.2 Å². The van der Waals surface area contributed by atoms with Crippen LogP contribution in [0.2, 0.25) is 0 Å². The van der Waals surface area contributed by atoms with Gasteiger partial charge in [-0.3, -0.25) is 4.90 Å². The van der Waals surface area contributed by atoms with Crippen LogP contribution in [0.5, 0.6) is 0 Å². The van der Waals surface area contributed by atoms with E-state index in [4.69, 9.17) is 10.8 Å². The van der Waals surface area contributed by atoms with Gasteiger partial charge in [0.05, 0.1) is 28.2 Å². The van der Waals surface area contributed by atoms with Gasteiger partial charge in [0.2, 0.25) is 0 Å². The third-order valence-electron chi connectivity index (χ3n) is 8.52. The molecule has 0 aliphatic carbocycles. The Morgan fingerprint density at radius 3 is 2.17 bits per heavy atom. The van der Waals surface area contributed by atoms with E-state index in [-0.39, 0.29) is 0 Å². The highest BCUT2D eigenvalue weighted by Crippen LogP contribution is 2.46. The van der Waals surface area contributed by atoms with Gasteiger partial charge >= 0.3 is 6.18 Å². The lowest BCUT2D eigenvalue weighted by Gasteiger charge is -2.32. The van der Waals surface area contributed by atoms with Crippen LogP contribution in [0.4, 0.5) is 23.2 Å². The molecule has 0 radical (unpaired) electrons. The van der Waals surface area contributed by atoms with Gasteiger partial charge in [0, 0.05) is 29.9 Å². The lowest BCUT2D eigenvalue weighted by Crippen LogP contribution is -2.36. The number of nitrogens with zero attached hydrogens (tertiary/aromatic N) is 3. The normalized spacial score (nSPS) is 15.0. The third kappa shape index (κ3) is 4.92. The fourth-order valence-electron chi connectivity index (χ4n) is 5.94. The molecule has 0 saturated heterocycles. The third-order valence-corrected chi connectivity index (χ3v) is 8.52. The number of nitrogens with two attached hydrogens (primary N) is 1. The molecule has 0 saturated carbocycles. The summed E-state index contributed by atoms with van der Waals surface area (Å²) >= 11 is 0. The molecule has 41 heavy (non-hydrogen) atoms. The van der Waals surface area contributed by atoms with Gasteiger partial charge in [-0.05, 0) is 92.6 Å². The Labute approximate surface area is 238 Å². The van der Waals surface area contributed by atoms with Crippen LogP contribution in [-0.2, 0) is 37.6 Å². The standard InChI is InChI=1S/C33H36F4N4/c1-7-21-10-9-11-22(8-2)29(21)41-30(25-15-20(4)28(38)16-27(25)34)26-18-40(32(5,6)31(26)39-41)17-23-12-13-24(14-19(23)3)33(35,36)37/h9-16H,7-8,17-18,38H2,1-6H3. The van der Waals surface area contributed by atoms with E-state index in [0.717, 1.165) is 58.1 Å². The van der Waals surface area contributed by atoms with E-state index in [9.17, 15) is 13.2 Å². The van der Waals surface area contributed by atoms with Crippen LogP contribution in [0, 0.1) is 19.7 Å². The number of aryl methyl sites for hydroxylation is 4. The molecule has 3 aromatic carbocycles. The van der Waals surface area contributed by atoms with E-state index in [1.165, 1.54) is 12.1 Å². The molecule has 0 fully saturated rings. The van der Waals surface area contributed by atoms with Gasteiger partial charge < -0.3 is 5.73 Å². The molecule has 8 heteroatoms. The van der Waals surface area contributed by atoms with Crippen LogP contribution in [0.3, 0.4) is 0 Å². The van der Waals surface area contributed by atoms with Gasteiger partial charge in [0.15, 0.2) is 0 Å². The molecule has 1 aliphatic rings. The van der Waals surface area contributed by atoms with Crippen molar-refractivity contribution in [1.82, 2.24) is 14.7 Å². The number of rotatable bonds is 6. The van der Waals surface area contributed by atoms with Crippen molar-refractivity contribution in [3.8, 4) is 16.9 Å². The molecule has 0 bridgehead atoms. The Hall–Kier alpha value is -3.65. The Balaban J connectivity index is 1.68. The maximum absolute atomic E-state index is 15.7. The smallest absolute Gasteiger partial charge is 0.398 e. The van der Waals surface area contributed by atoms with Crippen LogP contribution in [-0.4, -0.2) is 14.7 Å². The molecule has 0 spiro atoms. The zero-order valence-electron chi connectivity index (χ0n) is 24.4. The minimum absolute atomic E-state index is 0.386. The van der Waals surface area contributed by atoms with E-state index in [1.54, 1.807) is 19.1 Å². The molecule has 0 unspecified atom stereocenters. The molecular formula is C33H36F4N4. The summed E-state index contributed by atoms with van der Waals surface area (Å²) in [5.74, 6) is -0.418. The number of para-hydroxylation sites is 1. The van der Waals surface area contributed by atoms with E-state index < -0.39 is 23.1 Å². The first-order valence-electron chi connectivity index (χ1n) is 14.0. The topological polar surface area (TPSA) is 47.1 Å². The number of benzene rings is 3. The SMILES string of the molecule is CCc1cccc(CC)c1-n1nc2c(c1-c1cc(C)c(N)cc1F)CN(Cc1ccc(C(F)(F)F)cc1C)C2(C)C. The van der Waals surface area contributed by atoms with Crippen LogP contribution in [0.25, 0.3) is 16.9 Å². The summed E-state index contributed by atoms with van der Waals surface area (Å²) in [4.78, 5) is 2.20. The molecular weight excluding hydrogens is 528 g/mol. The quantitative estimate of drug-likeness (QED) is 0.189. The van der Waals surface area contributed by atoms with E-state index in [2.05, 4.69) is 44.7 Å². The van der Waals surface area contributed by atoms with Gasteiger partial charge in [0.1, 0.15) is 5.82 Å². The summed E-state index contributed by atoms with van der Waals surface area (Å²) in [6, 6.07) is 13.3. The molecule has 0 atom stereocenters. The lowest BCUT2D eigenvalue weighted by atomic mass is 9.97. The highest BCUT2D eigenvalue weighted by Gasteiger charge is 2.43. The largest absolute Gasteiger partial charge is 0.416 e.